The van der Waals surface area contributed by atoms with Crippen LogP contribution in [-0.4, -0.2) is 19.4 Å². The van der Waals surface area contributed by atoms with Gasteiger partial charge in [0.1, 0.15) is 4.90 Å². The van der Waals surface area contributed by atoms with Crippen LogP contribution in [0.3, 0.4) is 0 Å². The Labute approximate surface area is 114 Å². The topological polar surface area (TPSA) is 79.0 Å². The summed E-state index contributed by atoms with van der Waals surface area (Å²) >= 11 is 6.00. The Morgan fingerprint density at radius 2 is 2.00 bits per heavy atom. The van der Waals surface area contributed by atoms with Crippen molar-refractivity contribution in [3.8, 4) is 0 Å². The lowest BCUT2D eigenvalue weighted by molar-refractivity contribution is 0.581. The standard InChI is InChI=1S/C12H11ClN2O3S/c13-9-6-10-7(1-4-12(16)14-10)5-11(9)19(17,18)15-8-2-3-8/h1,4-6,8,15H,2-3H2,(H,14,16). The van der Waals surface area contributed by atoms with E-state index in [9.17, 15) is 13.2 Å². The summed E-state index contributed by atoms with van der Waals surface area (Å²) in [4.78, 5) is 13.9. The highest BCUT2D eigenvalue weighted by Gasteiger charge is 2.29. The van der Waals surface area contributed by atoms with Gasteiger partial charge in [-0.05, 0) is 36.4 Å². The first-order valence-corrected chi connectivity index (χ1v) is 7.67. The number of fused-ring (bicyclic) bond motifs is 1. The van der Waals surface area contributed by atoms with E-state index in [4.69, 9.17) is 11.6 Å². The highest BCUT2D eigenvalue weighted by atomic mass is 35.5. The molecule has 7 heteroatoms. The highest BCUT2D eigenvalue weighted by molar-refractivity contribution is 7.89. The van der Waals surface area contributed by atoms with Crippen molar-refractivity contribution in [1.29, 1.82) is 0 Å². The number of aromatic nitrogens is 1. The second kappa shape index (κ2) is 4.33. The van der Waals surface area contributed by atoms with Gasteiger partial charge in [-0.15, -0.1) is 0 Å². The van der Waals surface area contributed by atoms with Gasteiger partial charge in [0.05, 0.1) is 5.02 Å². The molecule has 19 heavy (non-hydrogen) atoms. The summed E-state index contributed by atoms with van der Waals surface area (Å²) < 4.78 is 26.9. The third-order valence-corrected chi connectivity index (χ3v) is 4.95. The van der Waals surface area contributed by atoms with Gasteiger partial charge in [0.25, 0.3) is 0 Å². The van der Waals surface area contributed by atoms with Crippen molar-refractivity contribution in [3.63, 3.8) is 0 Å². The van der Waals surface area contributed by atoms with E-state index in [-0.39, 0.29) is 21.5 Å². The predicted octanol–water partition coefficient (Wildman–Crippen LogP) is 1.62. The van der Waals surface area contributed by atoms with Crippen molar-refractivity contribution >= 4 is 32.5 Å². The predicted molar refractivity (Wildman–Crippen MR) is 72.9 cm³/mol. The van der Waals surface area contributed by atoms with Gasteiger partial charge in [-0.2, -0.15) is 0 Å². The fraction of sp³-hybridized carbons (Fsp3) is 0.250. The Morgan fingerprint density at radius 1 is 1.26 bits per heavy atom. The second-order valence-electron chi connectivity index (χ2n) is 4.59. The van der Waals surface area contributed by atoms with Crippen LogP contribution in [0.4, 0.5) is 0 Å². The quantitative estimate of drug-likeness (QED) is 0.904. The Balaban J connectivity index is 2.15. The number of nitrogens with one attached hydrogen (secondary N) is 2. The van der Waals surface area contributed by atoms with Gasteiger partial charge in [-0.1, -0.05) is 11.6 Å². The lowest BCUT2D eigenvalue weighted by Gasteiger charge is -2.08. The molecule has 1 saturated carbocycles. The maximum absolute atomic E-state index is 12.1. The summed E-state index contributed by atoms with van der Waals surface area (Å²) in [5, 5.41) is 0.725. The van der Waals surface area contributed by atoms with Gasteiger partial charge in [0.2, 0.25) is 15.6 Å². The molecule has 0 radical (unpaired) electrons. The summed E-state index contributed by atoms with van der Waals surface area (Å²) in [6.07, 6.45) is 1.72. The molecule has 2 N–H and O–H groups in total. The van der Waals surface area contributed by atoms with Crippen LogP contribution in [0.15, 0.2) is 34.0 Å². The number of halogens is 1. The first-order chi connectivity index (χ1) is 8.95. The molecule has 1 fully saturated rings. The molecule has 100 valence electrons. The van der Waals surface area contributed by atoms with Crippen molar-refractivity contribution < 1.29 is 8.42 Å². The Hall–Kier alpha value is -1.37. The summed E-state index contributed by atoms with van der Waals surface area (Å²) in [6, 6.07) is 5.87. The summed E-state index contributed by atoms with van der Waals surface area (Å²) in [6.45, 7) is 0. The van der Waals surface area contributed by atoms with Crippen LogP contribution in [0.25, 0.3) is 10.9 Å². The molecule has 0 bridgehead atoms. The normalized spacial score (nSPS) is 15.8. The maximum Gasteiger partial charge on any atom is 0.248 e. The number of rotatable bonds is 3. The minimum atomic E-state index is -3.60. The summed E-state index contributed by atoms with van der Waals surface area (Å²) in [7, 11) is -3.60. The number of hydrogen-bond acceptors (Lipinski definition) is 3. The van der Waals surface area contributed by atoms with E-state index in [1.807, 2.05) is 0 Å². The van der Waals surface area contributed by atoms with Crippen LogP contribution < -0.4 is 10.3 Å². The van der Waals surface area contributed by atoms with E-state index in [0.29, 0.717) is 10.9 Å². The van der Waals surface area contributed by atoms with Crippen LogP contribution in [0.5, 0.6) is 0 Å². The summed E-state index contributed by atoms with van der Waals surface area (Å²) in [5.41, 5.74) is 0.262. The van der Waals surface area contributed by atoms with Crippen LogP contribution in [0.1, 0.15) is 12.8 Å². The highest BCUT2D eigenvalue weighted by Crippen LogP contribution is 2.28. The maximum atomic E-state index is 12.1. The molecular formula is C12H11ClN2O3S. The van der Waals surface area contributed by atoms with E-state index >= 15 is 0 Å². The molecule has 0 saturated heterocycles. The SMILES string of the molecule is O=c1ccc2cc(S(=O)(=O)NC3CC3)c(Cl)cc2[nH]1. The van der Waals surface area contributed by atoms with Crippen molar-refractivity contribution in [2.75, 3.05) is 0 Å². The lowest BCUT2D eigenvalue weighted by Crippen LogP contribution is -2.26. The Morgan fingerprint density at radius 3 is 2.68 bits per heavy atom. The van der Waals surface area contributed by atoms with Crippen molar-refractivity contribution in [2.45, 2.75) is 23.8 Å². The minimum absolute atomic E-state index is 0.0207. The number of H-pyrrole nitrogens is 1. The van der Waals surface area contributed by atoms with Crippen LogP contribution in [0.2, 0.25) is 5.02 Å². The van der Waals surface area contributed by atoms with Gasteiger partial charge in [0, 0.05) is 17.6 Å². The fourth-order valence-electron chi connectivity index (χ4n) is 1.85. The number of sulfonamides is 1. The number of pyridine rings is 1. The van der Waals surface area contributed by atoms with Gasteiger partial charge in [-0.25, -0.2) is 13.1 Å². The van der Waals surface area contributed by atoms with Crippen molar-refractivity contribution in [3.05, 3.63) is 39.6 Å². The number of benzene rings is 1. The van der Waals surface area contributed by atoms with Gasteiger partial charge in [0.15, 0.2) is 0 Å². The molecule has 1 aromatic carbocycles. The fourth-order valence-corrected chi connectivity index (χ4v) is 3.71. The zero-order valence-corrected chi connectivity index (χ0v) is 11.4. The largest absolute Gasteiger partial charge is 0.322 e. The van der Waals surface area contributed by atoms with E-state index in [1.165, 1.54) is 18.2 Å². The monoisotopic (exact) mass is 298 g/mol. The molecule has 3 rings (SSSR count). The molecule has 0 amide bonds. The zero-order chi connectivity index (χ0) is 13.6. The van der Waals surface area contributed by atoms with E-state index in [0.717, 1.165) is 12.8 Å². The molecule has 1 aliphatic carbocycles. The third-order valence-electron chi connectivity index (χ3n) is 2.96. The average Bonchev–Trinajstić information content (AvgIpc) is 3.10. The van der Waals surface area contributed by atoms with E-state index in [1.54, 1.807) is 6.07 Å². The van der Waals surface area contributed by atoms with Crippen molar-refractivity contribution in [1.82, 2.24) is 9.71 Å². The molecule has 5 nitrogen and oxygen atoms in total. The molecule has 2 aromatic rings. The smallest absolute Gasteiger partial charge is 0.248 e. The van der Waals surface area contributed by atoms with Gasteiger partial charge >= 0.3 is 0 Å². The molecule has 1 aliphatic rings. The van der Waals surface area contributed by atoms with Gasteiger partial charge < -0.3 is 4.98 Å². The molecule has 1 aromatic heterocycles. The molecule has 0 atom stereocenters. The van der Waals surface area contributed by atoms with E-state index < -0.39 is 10.0 Å². The van der Waals surface area contributed by atoms with Crippen molar-refractivity contribution in [2.24, 2.45) is 0 Å². The molecule has 0 spiro atoms. The van der Waals surface area contributed by atoms with Gasteiger partial charge in [-0.3, -0.25) is 4.79 Å². The van der Waals surface area contributed by atoms with Crippen LogP contribution >= 0.6 is 11.6 Å². The second-order valence-corrected chi connectivity index (χ2v) is 6.68. The van der Waals surface area contributed by atoms with Crippen LogP contribution in [-0.2, 0) is 10.0 Å². The van der Waals surface area contributed by atoms with E-state index in [2.05, 4.69) is 9.71 Å². The first-order valence-electron chi connectivity index (χ1n) is 5.81. The van der Waals surface area contributed by atoms with Crippen LogP contribution in [0, 0.1) is 0 Å². The Bertz CT molecular complexity index is 809. The molecule has 0 aliphatic heterocycles. The summed E-state index contributed by atoms with van der Waals surface area (Å²) in [5.74, 6) is 0. The molecular weight excluding hydrogens is 288 g/mol. The first kappa shape index (κ1) is 12.7. The third kappa shape index (κ3) is 2.51. The minimum Gasteiger partial charge on any atom is -0.322 e. The number of aromatic amines is 1. The molecule has 1 heterocycles. The lowest BCUT2D eigenvalue weighted by atomic mass is 10.2. The number of hydrogen-bond donors (Lipinski definition) is 2. The Kier molecular flexibility index (Phi) is 2.88. The average molecular weight is 299 g/mol. The zero-order valence-electron chi connectivity index (χ0n) is 9.81. The molecule has 0 unspecified atom stereocenters.